The van der Waals surface area contributed by atoms with Gasteiger partial charge < -0.3 is 19.7 Å². The predicted molar refractivity (Wildman–Crippen MR) is 86.1 cm³/mol. The first-order valence-corrected chi connectivity index (χ1v) is 7.46. The molecule has 1 saturated heterocycles. The minimum Gasteiger partial charge on any atom is -0.481 e. The van der Waals surface area contributed by atoms with Crippen LogP contribution in [-0.2, 0) is 0 Å². The van der Waals surface area contributed by atoms with Crippen LogP contribution in [-0.4, -0.2) is 53.3 Å². The summed E-state index contributed by atoms with van der Waals surface area (Å²) < 4.78 is 10.4. The van der Waals surface area contributed by atoms with Gasteiger partial charge in [-0.05, 0) is 19.4 Å². The first-order chi connectivity index (χ1) is 11.2. The second-order valence-corrected chi connectivity index (χ2v) is 5.35. The minimum atomic E-state index is 0.248. The second kappa shape index (κ2) is 6.64. The fourth-order valence-corrected chi connectivity index (χ4v) is 2.50. The Bertz CT molecular complexity index is 659. The molecule has 0 bridgehead atoms. The van der Waals surface area contributed by atoms with Crippen molar-refractivity contribution in [1.82, 2.24) is 19.9 Å². The molecule has 1 atom stereocenters. The smallest absolute Gasteiger partial charge is 0.232 e. The molecule has 1 aliphatic rings. The Morgan fingerprint density at radius 3 is 2.57 bits per heavy atom. The van der Waals surface area contributed by atoms with Crippen molar-refractivity contribution in [3.05, 3.63) is 24.0 Å². The Morgan fingerprint density at radius 1 is 1.17 bits per heavy atom. The van der Waals surface area contributed by atoms with Gasteiger partial charge in [0.1, 0.15) is 0 Å². The molecule has 1 N–H and O–H groups in total. The summed E-state index contributed by atoms with van der Waals surface area (Å²) in [6, 6.07) is 3.79. The van der Waals surface area contributed by atoms with Crippen LogP contribution in [0, 0.1) is 6.92 Å². The van der Waals surface area contributed by atoms with E-state index in [0.717, 1.165) is 25.2 Å². The number of anilines is 2. The molecule has 0 aliphatic carbocycles. The van der Waals surface area contributed by atoms with E-state index in [2.05, 4.69) is 30.2 Å². The molecule has 0 amide bonds. The van der Waals surface area contributed by atoms with E-state index in [1.54, 1.807) is 26.5 Å². The van der Waals surface area contributed by atoms with Gasteiger partial charge in [0.25, 0.3) is 0 Å². The van der Waals surface area contributed by atoms with E-state index in [1.807, 2.05) is 13.0 Å². The van der Waals surface area contributed by atoms with Crippen molar-refractivity contribution in [2.75, 3.05) is 37.5 Å². The molecule has 23 heavy (non-hydrogen) atoms. The quantitative estimate of drug-likeness (QED) is 0.883. The van der Waals surface area contributed by atoms with Gasteiger partial charge in [-0.2, -0.15) is 9.97 Å². The molecule has 8 heteroatoms. The van der Waals surface area contributed by atoms with Crippen LogP contribution in [0.5, 0.6) is 11.8 Å². The van der Waals surface area contributed by atoms with E-state index < -0.39 is 0 Å². The summed E-state index contributed by atoms with van der Waals surface area (Å²) in [4.78, 5) is 19.5. The molecule has 0 aromatic carbocycles. The SMILES string of the molecule is COc1cc(OC)nc(N2CCC(Nc3nccc(C)n3)C2)n1. The van der Waals surface area contributed by atoms with Gasteiger partial charge >= 0.3 is 0 Å². The summed E-state index contributed by atoms with van der Waals surface area (Å²) in [6.45, 7) is 3.57. The number of nitrogens with zero attached hydrogens (tertiary/aromatic N) is 5. The van der Waals surface area contributed by atoms with Crippen molar-refractivity contribution < 1.29 is 9.47 Å². The van der Waals surface area contributed by atoms with Crippen molar-refractivity contribution in [2.24, 2.45) is 0 Å². The molecule has 1 aliphatic heterocycles. The van der Waals surface area contributed by atoms with Gasteiger partial charge in [0.05, 0.1) is 20.3 Å². The van der Waals surface area contributed by atoms with Crippen LogP contribution in [0.3, 0.4) is 0 Å². The van der Waals surface area contributed by atoms with Crippen LogP contribution in [0.4, 0.5) is 11.9 Å². The van der Waals surface area contributed by atoms with Gasteiger partial charge in [-0.15, -0.1) is 0 Å². The van der Waals surface area contributed by atoms with Crippen molar-refractivity contribution in [2.45, 2.75) is 19.4 Å². The normalized spacial score (nSPS) is 17.2. The van der Waals surface area contributed by atoms with E-state index in [0.29, 0.717) is 23.7 Å². The van der Waals surface area contributed by atoms with E-state index >= 15 is 0 Å². The summed E-state index contributed by atoms with van der Waals surface area (Å²) in [5.41, 5.74) is 0.943. The highest BCUT2D eigenvalue weighted by molar-refractivity contribution is 5.40. The molecule has 3 heterocycles. The number of rotatable bonds is 5. The lowest BCUT2D eigenvalue weighted by Gasteiger charge is -2.18. The molecule has 1 unspecified atom stereocenters. The molecular formula is C15H20N6O2. The molecule has 8 nitrogen and oxygen atoms in total. The third kappa shape index (κ3) is 3.58. The zero-order valence-electron chi connectivity index (χ0n) is 13.5. The summed E-state index contributed by atoms with van der Waals surface area (Å²) in [5.74, 6) is 2.24. The molecule has 0 spiro atoms. The molecule has 0 saturated carbocycles. The van der Waals surface area contributed by atoms with Crippen LogP contribution < -0.4 is 19.7 Å². The monoisotopic (exact) mass is 316 g/mol. The van der Waals surface area contributed by atoms with Crippen LogP contribution in [0.2, 0.25) is 0 Å². The van der Waals surface area contributed by atoms with Crippen LogP contribution in [0.15, 0.2) is 18.3 Å². The summed E-state index contributed by atoms with van der Waals surface area (Å²) in [5, 5.41) is 3.36. The van der Waals surface area contributed by atoms with Gasteiger partial charge in [-0.1, -0.05) is 0 Å². The Balaban J connectivity index is 1.70. The summed E-state index contributed by atoms with van der Waals surface area (Å²) >= 11 is 0. The van der Waals surface area contributed by atoms with Crippen molar-refractivity contribution in [1.29, 1.82) is 0 Å². The zero-order chi connectivity index (χ0) is 16.2. The number of hydrogen-bond donors (Lipinski definition) is 1. The highest BCUT2D eigenvalue weighted by atomic mass is 16.5. The molecule has 3 rings (SSSR count). The van der Waals surface area contributed by atoms with Gasteiger partial charge in [-0.3, -0.25) is 0 Å². The van der Waals surface area contributed by atoms with Crippen molar-refractivity contribution in [3.63, 3.8) is 0 Å². The predicted octanol–water partition coefficient (Wildman–Crippen LogP) is 1.28. The Hall–Kier alpha value is -2.64. The van der Waals surface area contributed by atoms with Gasteiger partial charge in [-0.25, -0.2) is 9.97 Å². The van der Waals surface area contributed by atoms with E-state index in [4.69, 9.17) is 9.47 Å². The first-order valence-electron chi connectivity index (χ1n) is 7.46. The number of methoxy groups -OCH3 is 2. The summed E-state index contributed by atoms with van der Waals surface area (Å²) in [7, 11) is 3.16. The van der Waals surface area contributed by atoms with Gasteiger partial charge in [0.15, 0.2) is 0 Å². The average Bonchev–Trinajstić information content (AvgIpc) is 3.03. The lowest BCUT2D eigenvalue weighted by atomic mass is 10.3. The van der Waals surface area contributed by atoms with Crippen molar-refractivity contribution in [3.8, 4) is 11.8 Å². The lowest BCUT2D eigenvalue weighted by molar-refractivity contribution is 0.372. The number of nitrogens with one attached hydrogen (secondary N) is 1. The number of aromatic nitrogens is 4. The molecule has 0 radical (unpaired) electrons. The van der Waals surface area contributed by atoms with E-state index in [9.17, 15) is 0 Å². The van der Waals surface area contributed by atoms with E-state index in [1.165, 1.54) is 0 Å². The van der Waals surface area contributed by atoms with E-state index in [-0.39, 0.29) is 6.04 Å². The average molecular weight is 316 g/mol. The maximum Gasteiger partial charge on any atom is 0.232 e. The zero-order valence-corrected chi connectivity index (χ0v) is 13.5. The maximum atomic E-state index is 5.20. The maximum absolute atomic E-state index is 5.20. The number of hydrogen-bond acceptors (Lipinski definition) is 8. The Labute approximate surface area is 134 Å². The molecule has 1 fully saturated rings. The summed E-state index contributed by atoms with van der Waals surface area (Å²) in [6.07, 6.45) is 2.72. The fraction of sp³-hybridized carbons (Fsp3) is 0.467. The second-order valence-electron chi connectivity index (χ2n) is 5.35. The lowest BCUT2D eigenvalue weighted by Crippen LogP contribution is -2.28. The standard InChI is InChI=1S/C15H20N6O2/c1-10-4-6-16-14(17-10)18-11-5-7-21(9-11)15-19-12(22-2)8-13(20-15)23-3/h4,6,8,11H,5,7,9H2,1-3H3,(H,16,17,18). The van der Waals surface area contributed by atoms with Gasteiger partial charge in [0, 0.05) is 31.0 Å². The Kier molecular flexibility index (Phi) is 4.40. The molecule has 2 aromatic heterocycles. The van der Waals surface area contributed by atoms with Crippen LogP contribution in [0.25, 0.3) is 0 Å². The van der Waals surface area contributed by atoms with Crippen molar-refractivity contribution >= 4 is 11.9 Å². The minimum absolute atomic E-state index is 0.248. The van der Waals surface area contributed by atoms with Gasteiger partial charge in [0.2, 0.25) is 23.7 Å². The third-order valence-corrected chi connectivity index (χ3v) is 3.68. The van der Waals surface area contributed by atoms with Crippen LogP contribution >= 0.6 is 0 Å². The number of ether oxygens (including phenoxy) is 2. The Morgan fingerprint density at radius 2 is 1.91 bits per heavy atom. The molecular weight excluding hydrogens is 296 g/mol. The highest BCUT2D eigenvalue weighted by Gasteiger charge is 2.25. The third-order valence-electron chi connectivity index (χ3n) is 3.68. The first kappa shape index (κ1) is 15.3. The topological polar surface area (TPSA) is 85.3 Å². The van der Waals surface area contributed by atoms with Crippen LogP contribution in [0.1, 0.15) is 12.1 Å². The molecule has 122 valence electrons. The molecule has 2 aromatic rings. The highest BCUT2D eigenvalue weighted by Crippen LogP contribution is 2.23. The fourth-order valence-electron chi connectivity index (χ4n) is 2.50. The largest absolute Gasteiger partial charge is 0.481 e. The number of aryl methyl sites for hydroxylation is 1.